The van der Waals surface area contributed by atoms with Crippen LogP contribution in [-0.4, -0.2) is 80.3 Å². The molecule has 2 fully saturated rings. The van der Waals surface area contributed by atoms with Crippen molar-refractivity contribution < 1.29 is 22.7 Å². The van der Waals surface area contributed by atoms with Crippen molar-refractivity contribution in [3.8, 4) is 0 Å². The Bertz CT molecular complexity index is 1130. The van der Waals surface area contributed by atoms with Crippen LogP contribution in [0, 0.1) is 5.92 Å². The second-order valence-electron chi connectivity index (χ2n) is 9.13. The number of hydrogen-bond acceptors (Lipinski definition) is 6. The molecule has 0 aromatic heterocycles. The average Bonchev–Trinajstić information content (AvgIpc) is 3.68. The van der Waals surface area contributed by atoms with Gasteiger partial charge in [-0.2, -0.15) is 4.31 Å². The van der Waals surface area contributed by atoms with Gasteiger partial charge in [0.05, 0.1) is 11.5 Å². The van der Waals surface area contributed by atoms with Crippen molar-refractivity contribution in [2.24, 2.45) is 5.92 Å². The molecule has 0 N–H and O–H groups in total. The van der Waals surface area contributed by atoms with E-state index in [9.17, 15) is 18.0 Å². The van der Waals surface area contributed by atoms with Crippen molar-refractivity contribution in [3.05, 3.63) is 65.7 Å². The lowest BCUT2D eigenvalue weighted by atomic mass is 10.2. The molecule has 8 nitrogen and oxygen atoms in total. The summed E-state index contributed by atoms with van der Waals surface area (Å²) in [5.74, 6) is -0.430. The van der Waals surface area contributed by atoms with Crippen molar-refractivity contribution >= 4 is 21.9 Å². The molecule has 35 heavy (non-hydrogen) atoms. The first-order valence-corrected chi connectivity index (χ1v) is 13.6. The lowest BCUT2D eigenvalue weighted by Gasteiger charge is -2.34. The van der Waals surface area contributed by atoms with Gasteiger partial charge in [0.25, 0.3) is 5.91 Å². The number of sulfonamides is 1. The topological polar surface area (TPSA) is 87.2 Å². The fourth-order valence-corrected chi connectivity index (χ4v) is 5.75. The predicted molar refractivity (Wildman–Crippen MR) is 132 cm³/mol. The highest BCUT2D eigenvalue weighted by molar-refractivity contribution is 7.89. The van der Waals surface area contributed by atoms with Gasteiger partial charge in [-0.3, -0.25) is 14.5 Å². The first-order valence-electron chi connectivity index (χ1n) is 12.2. The highest BCUT2D eigenvalue weighted by Gasteiger charge is 2.31. The molecule has 1 heterocycles. The summed E-state index contributed by atoms with van der Waals surface area (Å²) in [6.45, 7) is 5.16. The highest BCUT2D eigenvalue weighted by atomic mass is 32.2. The molecule has 0 spiro atoms. The van der Waals surface area contributed by atoms with E-state index in [4.69, 9.17) is 4.74 Å². The number of ether oxygens (including phenoxy) is 1. The second-order valence-corrected chi connectivity index (χ2v) is 11.1. The summed E-state index contributed by atoms with van der Waals surface area (Å²) < 4.78 is 33.2. The van der Waals surface area contributed by atoms with Crippen molar-refractivity contribution in [3.63, 3.8) is 0 Å². The normalized spacial score (nSPS) is 17.2. The van der Waals surface area contributed by atoms with E-state index < -0.39 is 16.0 Å². The Kier molecular flexibility index (Phi) is 8.20. The monoisotopic (exact) mass is 499 g/mol. The van der Waals surface area contributed by atoms with Crippen LogP contribution >= 0.6 is 0 Å². The van der Waals surface area contributed by atoms with Gasteiger partial charge in [-0.15, -0.1) is 0 Å². The maximum absolute atomic E-state index is 13.4. The van der Waals surface area contributed by atoms with E-state index in [1.54, 1.807) is 19.1 Å². The number of carbonyl (C=O) groups is 2. The Labute approximate surface area is 207 Å². The number of amides is 1. The van der Waals surface area contributed by atoms with Gasteiger partial charge in [0.15, 0.2) is 0 Å². The van der Waals surface area contributed by atoms with Crippen LogP contribution in [0.2, 0.25) is 0 Å². The molecule has 188 valence electrons. The molecule has 0 radical (unpaired) electrons. The van der Waals surface area contributed by atoms with E-state index in [0.717, 1.165) is 19.4 Å². The number of nitrogens with zero attached hydrogens (tertiary/aromatic N) is 3. The zero-order valence-electron chi connectivity index (χ0n) is 20.1. The molecular weight excluding hydrogens is 466 g/mol. The molecule has 2 aromatic carbocycles. The van der Waals surface area contributed by atoms with Crippen molar-refractivity contribution in [1.29, 1.82) is 0 Å². The Morgan fingerprint density at radius 3 is 2.37 bits per heavy atom. The predicted octanol–water partition coefficient (Wildman–Crippen LogP) is 2.61. The SMILES string of the molecule is CCOC(=O)CN(CC1CC1)C(=O)c1cccc(S(=O)(=O)N2CCN(Cc3ccccc3)CC2)c1. The second kappa shape index (κ2) is 11.3. The standard InChI is InChI=1S/C26H33N3O5S/c1-2-34-25(30)20-28(19-22-11-12-22)26(31)23-9-6-10-24(17-23)35(32,33)29-15-13-27(14-16-29)18-21-7-4-3-5-8-21/h3-10,17,22H,2,11-16,18-20H2,1H3. The maximum atomic E-state index is 13.4. The number of benzene rings is 2. The van der Waals surface area contributed by atoms with Crippen LogP contribution in [-0.2, 0) is 26.1 Å². The van der Waals surface area contributed by atoms with E-state index in [1.165, 1.54) is 26.9 Å². The van der Waals surface area contributed by atoms with E-state index in [2.05, 4.69) is 17.0 Å². The van der Waals surface area contributed by atoms with Crippen molar-refractivity contribution in [2.45, 2.75) is 31.2 Å². The minimum Gasteiger partial charge on any atom is -0.465 e. The Balaban J connectivity index is 1.43. The highest BCUT2D eigenvalue weighted by Crippen LogP contribution is 2.30. The summed E-state index contributed by atoms with van der Waals surface area (Å²) in [7, 11) is -3.74. The van der Waals surface area contributed by atoms with Gasteiger partial charge in [-0.1, -0.05) is 36.4 Å². The van der Waals surface area contributed by atoms with E-state index in [1.807, 2.05) is 18.2 Å². The molecule has 1 saturated carbocycles. The van der Waals surface area contributed by atoms with Crippen LogP contribution in [0.15, 0.2) is 59.5 Å². The van der Waals surface area contributed by atoms with E-state index in [-0.39, 0.29) is 29.5 Å². The first kappa shape index (κ1) is 25.3. The Hall–Kier alpha value is -2.75. The van der Waals surface area contributed by atoms with E-state index in [0.29, 0.717) is 38.6 Å². The number of esters is 1. The lowest BCUT2D eigenvalue weighted by Crippen LogP contribution is -2.48. The number of hydrogen-bond donors (Lipinski definition) is 0. The largest absolute Gasteiger partial charge is 0.465 e. The molecule has 2 aliphatic rings. The minimum absolute atomic E-state index is 0.0994. The minimum atomic E-state index is -3.74. The van der Waals surface area contributed by atoms with E-state index >= 15 is 0 Å². The van der Waals surface area contributed by atoms with Gasteiger partial charge in [0.2, 0.25) is 10.0 Å². The third kappa shape index (κ3) is 6.68. The summed E-state index contributed by atoms with van der Waals surface area (Å²) >= 11 is 0. The molecule has 0 bridgehead atoms. The number of piperazine rings is 1. The molecule has 9 heteroatoms. The molecule has 4 rings (SSSR count). The van der Waals surface area contributed by atoms with Gasteiger partial charge in [0.1, 0.15) is 6.54 Å². The van der Waals surface area contributed by atoms with Crippen LogP contribution in [0.3, 0.4) is 0 Å². The average molecular weight is 500 g/mol. The summed E-state index contributed by atoms with van der Waals surface area (Å²) in [5, 5.41) is 0. The summed E-state index contributed by atoms with van der Waals surface area (Å²) in [6.07, 6.45) is 2.05. The number of rotatable bonds is 10. The van der Waals surface area contributed by atoms with Gasteiger partial charge >= 0.3 is 5.97 Å². The molecule has 0 unspecified atom stereocenters. The number of carbonyl (C=O) groups excluding carboxylic acids is 2. The smallest absolute Gasteiger partial charge is 0.325 e. The molecule has 1 aliphatic heterocycles. The summed E-state index contributed by atoms with van der Waals surface area (Å²) in [5.41, 5.74) is 1.47. The first-order chi connectivity index (χ1) is 16.9. The summed E-state index contributed by atoms with van der Waals surface area (Å²) in [4.78, 5) is 29.1. The fraction of sp³-hybridized carbons (Fsp3) is 0.462. The molecule has 1 aliphatic carbocycles. The summed E-state index contributed by atoms with van der Waals surface area (Å²) in [6, 6.07) is 16.3. The molecular formula is C26H33N3O5S. The Morgan fingerprint density at radius 1 is 1.00 bits per heavy atom. The molecule has 1 saturated heterocycles. The third-order valence-corrected chi connectivity index (χ3v) is 8.28. The van der Waals surface area contributed by atoms with Crippen LogP contribution in [0.25, 0.3) is 0 Å². The Morgan fingerprint density at radius 2 is 1.71 bits per heavy atom. The van der Waals surface area contributed by atoms with Crippen molar-refractivity contribution in [2.75, 3.05) is 45.9 Å². The van der Waals surface area contributed by atoms with Gasteiger partial charge in [-0.25, -0.2) is 8.42 Å². The van der Waals surface area contributed by atoms with Gasteiger partial charge < -0.3 is 9.64 Å². The molecule has 0 atom stereocenters. The molecule has 2 aromatic rings. The quantitative estimate of drug-likeness (QED) is 0.467. The maximum Gasteiger partial charge on any atom is 0.325 e. The zero-order valence-corrected chi connectivity index (χ0v) is 21.0. The van der Waals surface area contributed by atoms with Gasteiger partial charge in [0, 0.05) is 44.8 Å². The third-order valence-electron chi connectivity index (χ3n) is 6.39. The van der Waals surface area contributed by atoms with Crippen molar-refractivity contribution in [1.82, 2.24) is 14.1 Å². The van der Waals surface area contributed by atoms with Crippen LogP contribution in [0.1, 0.15) is 35.7 Å². The van der Waals surface area contributed by atoms with Gasteiger partial charge in [-0.05, 0) is 49.4 Å². The molecule has 1 amide bonds. The zero-order chi connectivity index (χ0) is 24.8. The van der Waals surface area contributed by atoms with Crippen LogP contribution < -0.4 is 0 Å². The van der Waals surface area contributed by atoms with Crippen LogP contribution in [0.5, 0.6) is 0 Å². The lowest BCUT2D eigenvalue weighted by molar-refractivity contribution is -0.143. The van der Waals surface area contributed by atoms with Crippen LogP contribution in [0.4, 0.5) is 0 Å². The fourth-order valence-electron chi connectivity index (χ4n) is 4.28.